The molecule has 0 fully saturated rings. The van der Waals surface area contributed by atoms with Gasteiger partial charge in [0.1, 0.15) is 6.42 Å². The van der Waals surface area contributed by atoms with Gasteiger partial charge in [-0.2, -0.15) is 4.89 Å². The topological polar surface area (TPSA) is 71.1 Å². The second-order valence-corrected chi connectivity index (χ2v) is 9.38. The number of unbranched alkanes of at least 4 members (excludes halogenated alkanes) is 15. The third kappa shape index (κ3) is 25.3. The number of rotatable bonds is 26. The zero-order chi connectivity index (χ0) is 25.8. The summed E-state index contributed by atoms with van der Waals surface area (Å²) >= 11 is 0. The fourth-order valence-electron chi connectivity index (χ4n) is 3.65. The second-order valence-electron chi connectivity index (χ2n) is 9.38. The van der Waals surface area contributed by atoms with Crippen molar-refractivity contribution in [2.75, 3.05) is 19.8 Å². The first-order valence-electron chi connectivity index (χ1n) is 14.5. The monoisotopic (exact) mass is 498 g/mol. The number of ether oxygens (including phenoxy) is 2. The molecule has 0 N–H and O–H groups in total. The van der Waals surface area contributed by atoms with Crippen molar-refractivity contribution < 1.29 is 28.8 Å². The van der Waals surface area contributed by atoms with Gasteiger partial charge in [-0.25, -0.2) is 4.79 Å². The maximum Gasteiger partial charge on any atom is 0.334 e. The molecule has 0 rings (SSSR count). The first-order chi connectivity index (χ1) is 17.1. The van der Waals surface area contributed by atoms with Gasteiger partial charge in [-0.15, -0.1) is 0 Å². The maximum absolute atomic E-state index is 12.2. The Hall–Kier alpha value is -1.56. The van der Waals surface area contributed by atoms with Crippen LogP contribution in [0.3, 0.4) is 0 Å². The first-order valence-corrected chi connectivity index (χ1v) is 14.5. The summed E-state index contributed by atoms with van der Waals surface area (Å²) in [4.78, 5) is 35.0. The van der Waals surface area contributed by atoms with Crippen LogP contribution in [0.2, 0.25) is 0 Å². The Morgan fingerprint density at radius 3 is 1.49 bits per heavy atom. The summed E-state index contributed by atoms with van der Waals surface area (Å²) in [5, 5.41) is 0. The van der Waals surface area contributed by atoms with E-state index in [0.29, 0.717) is 19.8 Å². The van der Waals surface area contributed by atoms with Crippen molar-refractivity contribution in [3.63, 3.8) is 0 Å². The lowest BCUT2D eigenvalue weighted by molar-refractivity contribution is -0.264. The van der Waals surface area contributed by atoms with Crippen molar-refractivity contribution >= 4 is 11.9 Å². The molecule has 0 aromatic rings. The summed E-state index contributed by atoms with van der Waals surface area (Å²) in [5.74, 6) is -0.797. The van der Waals surface area contributed by atoms with E-state index in [1.807, 2.05) is 0 Å². The third-order valence-electron chi connectivity index (χ3n) is 5.85. The van der Waals surface area contributed by atoms with Crippen LogP contribution in [0.15, 0.2) is 11.8 Å². The normalized spacial score (nSPS) is 11.5. The number of esters is 2. The standard InChI is InChI=1S/C29H54O6/c1-4-7-10-13-16-19-22-32-28(30)25-27(35-34-24-21-18-15-12-9-6-3)26-29(31)33-23-20-17-14-11-8-5-2/h25H,4-24,26H2,1-3H3. The van der Waals surface area contributed by atoms with Crippen molar-refractivity contribution in [2.45, 2.75) is 143 Å². The average molecular weight is 499 g/mol. The van der Waals surface area contributed by atoms with Crippen LogP contribution in [0.1, 0.15) is 143 Å². The minimum absolute atomic E-state index is 0.136. The molecule has 0 bridgehead atoms. The molecule has 0 unspecified atom stereocenters. The lowest BCUT2D eigenvalue weighted by Gasteiger charge is -2.10. The summed E-state index contributed by atoms with van der Waals surface area (Å²) in [5.41, 5.74) is 0. The van der Waals surface area contributed by atoms with Gasteiger partial charge in [-0.3, -0.25) is 4.79 Å². The van der Waals surface area contributed by atoms with Gasteiger partial charge in [0.25, 0.3) is 0 Å². The molecule has 0 amide bonds. The van der Waals surface area contributed by atoms with E-state index in [-0.39, 0.29) is 12.2 Å². The number of hydrogen-bond donors (Lipinski definition) is 0. The summed E-state index contributed by atoms with van der Waals surface area (Å²) in [6, 6.07) is 0. The van der Waals surface area contributed by atoms with Crippen molar-refractivity contribution in [3.05, 3.63) is 11.8 Å². The molecular weight excluding hydrogens is 444 g/mol. The predicted octanol–water partition coefficient (Wildman–Crippen LogP) is 8.38. The van der Waals surface area contributed by atoms with Gasteiger partial charge in [0.15, 0.2) is 5.76 Å². The van der Waals surface area contributed by atoms with Gasteiger partial charge in [-0.1, -0.05) is 117 Å². The van der Waals surface area contributed by atoms with Gasteiger partial charge < -0.3 is 14.4 Å². The molecule has 0 spiro atoms. The Labute approximate surface area is 215 Å². The van der Waals surface area contributed by atoms with Gasteiger partial charge in [0, 0.05) is 0 Å². The van der Waals surface area contributed by atoms with E-state index in [4.69, 9.17) is 19.2 Å². The molecule has 0 saturated carbocycles. The zero-order valence-corrected chi connectivity index (χ0v) is 23.1. The molecule has 35 heavy (non-hydrogen) atoms. The Balaban J connectivity index is 4.35. The second kappa shape index (κ2) is 27.0. The van der Waals surface area contributed by atoms with Crippen molar-refractivity contribution in [1.29, 1.82) is 0 Å². The van der Waals surface area contributed by atoms with Crippen molar-refractivity contribution in [1.82, 2.24) is 0 Å². The Morgan fingerprint density at radius 1 is 0.543 bits per heavy atom. The molecule has 0 radical (unpaired) electrons. The quantitative estimate of drug-likeness (QED) is 0.0298. The minimum atomic E-state index is -0.513. The van der Waals surface area contributed by atoms with Crippen LogP contribution in [0, 0.1) is 0 Å². The molecule has 0 saturated heterocycles. The highest BCUT2D eigenvalue weighted by Crippen LogP contribution is 2.11. The molecular formula is C29H54O6. The van der Waals surface area contributed by atoms with E-state index in [9.17, 15) is 9.59 Å². The van der Waals surface area contributed by atoms with E-state index in [1.165, 1.54) is 70.3 Å². The van der Waals surface area contributed by atoms with Crippen LogP contribution < -0.4 is 0 Å². The van der Waals surface area contributed by atoms with Crippen LogP contribution in [0.25, 0.3) is 0 Å². The first kappa shape index (κ1) is 33.4. The Morgan fingerprint density at radius 2 is 0.971 bits per heavy atom. The molecule has 0 aromatic heterocycles. The van der Waals surface area contributed by atoms with E-state index < -0.39 is 11.9 Å². The molecule has 0 aliphatic heterocycles. The number of carbonyl (C=O) groups excluding carboxylic acids is 2. The summed E-state index contributed by atoms with van der Waals surface area (Å²) < 4.78 is 10.6. The van der Waals surface area contributed by atoms with Gasteiger partial charge >= 0.3 is 11.9 Å². The highest BCUT2D eigenvalue weighted by atomic mass is 17.2. The lowest BCUT2D eigenvalue weighted by atomic mass is 10.1. The van der Waals surface area contributed by atoms with Crippen LogP contribution in [-0.4, -0.2) is 31.8 Å². The van der Waals surface area contributed by atoms with Crippen LogP contribution in [-0.2, 0) is 28.8 Å². The highest BCUT2D eigenvalue weighted by molar-refractivity contribution is 5.84. The van der Waals surface area contributed by atoms with Gasteiger partial charge in [-0.05, 0) is 19.3 Å². The van der Waals surface area contributed by atoms with Crippen LogP contribution >= 0.6 is 0 Å². The molecule has 0 aliphatic carbocycles. The molecule has 6 heteroatoms. The van der Waals surface area contributed by atoms with Crippen LogP contribution in [0.4, 0.5) is 0 Å². The average Bonchev–Trinajstić information content (AvgIpc) is 2.84. The molecule has 0 heterocycles. The van der Waals surface area contributed by atoms with Gasteiger partial charge in [0.2, 0.25) is 0 Å². The maximum atomic E-state index is 12.2. The van der Waals surface area contributed by atoms with Crippen molar-refractivity contribution in [2.24, 2.45) is 0 Å². The zero-order valence-electron chi connectivity index (χ0n) is 23.1. The molecule has 0 aromatic carbocycles. The minimum Gasteiger partial charge on any atom is -0.465 e. The molecule has 6 nitrogen and oxygen atoms in total. The largest absolute Gasteiger partial charge is 0.465 e. The third-order valence-corrected chi connectivity index (χ3v) is 5.85. The Bertz CT molecular complexity index is 517. The molecule has 0 aliphatic rings. The smallest absolute Gasteiger partial charge is 0.334 e. The SMILES string of the molecule is CCCCCCCCOOC(=CC(=O)OCCCCCCCC)CC(=O)OCCCCCCCC. The predicted molar refractivity (Wildman–Crippen MR) is 142 cm³/mol. The van der Waals surface area contributed by atoms with Crippen LogP contribution in [0.5, 0.6) is 0 Å². The molecule has 0 atom stereocenters. The van der Waals surface area contributed by atoms with E-state index in [2.05, 4.69) is 20.8 Å². The number of hydrogen-bond acceptors (Lipinski definition) is 6. The summed E-state index contributed by atoms with van der Waals surface area (Å²) in [6.45, 7) is 7.76. The van der Waals surface area contributed by atoms with E-state index >= 15 is 0 Å². The fraction of sp³-hybridized carbons (Fsp3) is 0.862. The van der Waals surface area contributed by atoms with Crippen molar-refractivity contribution in [3.8, 4) is 0 Å². The van der Waals surface area contributed by atoms with E-state index in [0.717, 1.165) is 51.4 Å². The van der Waals surface area contributed by atoms with E-state index in [1.54, 1.807) is 0 Å². The van der Waals surface area contributed by atoms with Gasteiger partial charge in [0.05, 0.1) is 25.9 Å². The lowest BCUT2D eigenvalue weighted by Crippen LogP contribution is -2.11. The summed E-state index contributed by atoms with van der Waals surface area (Å²) in [7, 11) is 0. The summed E-state index contributed by atoms with van der Waals surface area (Å²) in [6.07, 6.45) is 21.4. The Kier molecular flexibility index (Phi) is 25.8. The molecule has 206 valence electrons. The fourth-order valence-corrected chi connectivity index (χ4v) is 3.65. The number of carbonyl (C=O) groups is 2. The highest BCUT2D eigenvalue weighted by Gasteiger charge is 2.13.